The zero-order valence-corrected chi connectivity index (χ0v) is 11.3. The van der Waals surface area contributed by atoms with Crippen LogP contribution < -0.4 is 4.74 Å². The molecule has 0 atom stereocenters. The first kappa shape index (κ1) is 12.7. The number of fused-ring (bicyclic) bond motifs is 1. The van der Waals surface area contributed by atoms with E-state index in [4.69, 9.17) is 14.4 Å². The van der Waals surface area contributed by atoms with Crippen molar-refractivity contribution in [1.29, 1.82) is 0 Å². The molecule has 3 rings (SSSR count). The Morgan fingerprint density at radius 1 is 1.35 bits per heavy atom. The monoisotopic (exact) mass is 273 g/mol. The van der Waals surface area contributed by atoms with E-state index < -0.39 is 5.97 Å². The van der Waals surface area contributed by atoms with Crippen LogP contribution in [0, 0.1) is 0 Å². The van der Waals surface area contributed by atoms with E-state index in [0.29, 0.717) is 5.69 Å². The molecule has 1 N–H and O–H groups in total. The molecule has 5 nitrogen and oxygen atoms in total. The fraction of sp³-hybridized carbons (Fsp3) is 0.333. The van der Waals surface area contributed by atoms with Gasteiger partial charge in [-0.15, -0.1) is 0 Å². The number of benzene rings is 1. The highest BCUT2D eigenvalue weighted by Gasteiger charge is 2.26. The average molecular weight is 273 g/mol. The van der Waals surface area contributed by atoms with E-state index in [9.17, 15) is 4.79 Å². The normalized spacial score (nSPS) is 16.3. The lowest BCUT2D eigenvalue weighted by Crippen LogP contribution is -2.32. The van der Waals surface area contributed by atoms with Crippen molar-refractivity contribution in [2.45, 2.75) is 32.3 Å². The van der Waals surface area contributed by atoms with E-state index in [1.165, 1.54) is 6.07 Å². The van der Waals surface area contributed by atoms with Crippen LogP contribution in [0.1, 0.15) is 36.4 Å². The van der Waals surface area contributed by atoms with Crippen molar-refractivity contribution < 1.29 is 19.2 Å². The summed E-state index contributed by atoms with van der Waals surface area (Å²) in [5, 5.41) is 12.6. The number of rotatable bonds is 2. The summed E-state index contributed by atoms with van der Waals surface area (Å²) >= 11 is 0. The summed E-state index contributed by atoms with van der Waals surface area (Å²) in [4.78, 5) is 10.8. The minimum Gasteiger partial charge on any atom is -0.488 e. The van der Waals surface area contributed by atoms with Gasteiger partial charge in [0.05, 0.1) is 0 Å². The molecule has 20 heavy (non-hydrogen) atoms. The summed E-state index contributed by atoms with van der Waals surface area (Å²) in [5.41, 5.74) is 2.27. The number of aryl methyl sites for hydroxylation is 1. The first-order valence-corrected chi connectivity index (χ1v) is 6.47. The van der Waals surface area contributed by atoms with Gasteiger partial charge in [-0.1, -0.05) is 17.3 Å². The summed E-state index contributed by atoms with van der Waals surface area (Å²) in [6.45, 7) is 4.11. The molecule has 104 valence electrons. The van der Waals surface area contributed by atoms with Crippen molar-refractivity contribution in [2.24, 2.45) is 0 Å². The number of aromatic nitrogens is 1. The van der Waals surface area contributed by atoms with Crippen molar-refractivity contribution in [3.8, 4) is 17.0 Å². The Balaban J connectivity index is 1.97. The lowest BCUT2D eigenvalue weighted by molar-refractivity contribution is 0.0652. The maximum absolute atomic E-state index is 10.8. The fourth-order valence-electron chi connectivity index (χ4n) is 2.31. The summed E-state index contributed by atoms with van der Waals surface area (Å²) in [5.74, 6) is -0.461. The molecule has 1 aromatic heterocycles. The maximum atomic E-state index is 10.8. The second kappa shape index (κ2) is 4.37. The molecule has 0 saturated carbocycles. The van der Waals surface area contributed by atoms with Crippen LogP contribution in [0.4, 0.5) is 0 Å². The standard InChI is InChI=1S/C15H15NO4/c1-15(2)6-5-9-3-4-10(7-12(9)19-15)11-8-13(14(17)18)20-16-11/h3-4,7-8H,5-6H2,1-2H3,(H,17,18). The van der Waals surface area contributed by atoms with E-state index in [1.807, 2.05) is 18.2 Å². The first-order chi connectivity index (χ1) is 9.44. The van der Waals surface area contributed by atoms with Crippen LogP contribution in [0.15, 0.2) is 28.8 Å². The van der Waals surface area contributed by atoms with Crippen LogP contribution in [-0.2, 0) is 6.42 Å². The number of ether oxygens (including phenoxy) is 1. The second-order valence-electron chi connectivity index (χ2n) is 5.57. The second-order valence-corrected chi connectivity index (χ2v) is 5.57. The van der Waals surface area contributed by atoms with Gasteiger partial charge in [-0.2, -0.15) is 0 Å². The predicted octanol–water partition coefficient (Wildman–Crippen LogP) is 3.14. The molecule has 0 spiro atoms. The molecular formula is C15H15NO4. The Bertz CT molecular complexity index is 672. The Kier molecular flexibility index (Phi) is 2.78. The minimum absolute atomic E-state index is 0.168. The Hall–Kier alpha value is -2.30. The number of nitrogens with zero attached hydrogens (tertiary/aromatic N) is 1. The molecular weight excluding hydrogens is 258 g/mol. The van der Waals surface area contributed by atoms with Gasteiger partial charge < -0.3 is 14.4 Å². The van der Waals surface area contributed by atoms with Gasteiger partial charge in [0.2, 0.25) is 5.76 Å². The van der Waals surface area contributed by atoms with Crippen molar-refractivity contribution >= 4 is 5.97 Å². The fourth-order valence-corrected chi connectivity index (χ4v) is 2.31. The quantitative estimate of drug-likeness (QED) is 0.910. The topological polar surface area (TPSA) is 72.6 Å². The molecule has 0 aliphatic carbocycles. The van der Waals surface area contributed by atoms with Gasteiger partial charge in [-0.3, -0.25) is 0 Å². The Morgan fingerprint density at radius 3 is 2.85 bits per heavy atom. The molecule has 0 saturated heterocycles. The van der Waals surface area contributed by atoms with Gasteiger partial charge in [-0.25, -0.2) is 4.79 Å². The van der Waals surface area contributed by atoms with Crippen molar-refractivity contribution in [3.05, 3.63) is 35.6 Å². The zero-order valence-electron chi connectivity index (χ0n) is 11.3. The Morgan fingerprint density at radius 2 is 2.15 bits per heavy atom. The third-order valence-corrected chi connectivity index (χ3v) is 3.47. The molecule has 5 heteroatoms. The lowest BCUT2D eigenvalue weighted by Gasteiger charge is -2.32. The van der Waals surface area contributed by atoms with Gasteiger partial charge in [0.25, 0.3) is 0 Å². The smallest absolute Gasteiger partial charge is 0.374 e. The van der Waals surface area contributed by atoms with Gasteiger partial charge in [0.15, 0.2) is 0 Å². The highest BCUT2D eigenvalue weighted by molar-refractivity contribution is 5.85. The molecule has 1 aromatic carbocycles. The molecule has 1 aliphatic rings. The molecule has 2 heterocycles. The largest absolute Gasteiger partial charge is 0.488 e. The maximum Gasteiger partial charge on any atom is 0.374 e. The summed E-state index contributed by atoms with van der Waals surface area (Å²) in [6, 6.07) is 7.21. The highest BCUT2D eigenvalue weighted by atomic mass is 16.5. The van der Waals surface area contributed by atoms with Gasteiger partial charge >= 0.3 is 5.97 Å². The molecule has 2 aromatic rings. The molecule has 0 fully saturated rings. The van der Waals surface area contributed by atoms with Gasteiger partial charge in [0, 0.05) is 11.6 Å². The number of hydrogen-bond acceptors (Lipinski definition) is 4. The minimum atomic E-state index is -1.13. The van der Waals surface area contributed by atoms with E-state index in [-0.39, 0.29) is 11.4 Å². The molecule has 1 aliphatic heterocycles. The van der Waals surface area contributed by atoms with Crippen molar-refractivity contribution in [1.82, 2.24) is 5.16 Å². The molecule has 0 bridgehead atoms. The number of hydrogen-bond donors (Lipinski definition) is 1. The van der Waals surface area contributed by atoms with Gasteiger partial charge in [-0.05, 0) is 38.3 Å². The SMILES string of the molecule is CC1(C)CCc2ccc(-c3cc(C(=O)O)on3)cc2O1. The van der Waals surface area contributed by atoms with E-state index in [0.717, 1.165) is 29.7 Å². The van der Waals surface area contributed by atoms with Gasteiger partial charge in [0.1, 0.15) is 17.0 Å². The van der Waals surface area contributed by atoms with E-state index >= 15 is 0 Å². The first-order valence-electron chi connectivity index (χ1n) is 6.47. The van der Waals surface area contributed by atoms with Crippen molar-refractivity contribution in [2.75, 3.05) is 0 Å². The van der Waals surface area contributed by atoms with Crippen molar-refractivity contribution in [3.63, 3.8) is 0 Å². The summed E-state index contributed by atoms with van der Waals surface area (Å²) in [7, 11) is 0. The van der Waals surface area contributed by atoms with E-state index in [1.54, 1.807) is 0 Å². The third kappa shape index (κ3) is 2.27. The van der Waals surface area contributed by atoms with E-state index in [2.05, 4.69) is 19.0 Å². The zero-order chi connectivity index (χ0) is 14.3. The summed E-state index contributed by atoms with van der Waals surface area (Å²) < 4.78 is 10.7. The molecule has 0 unspecified atom stereocenters. The van der Waals surface area contributed by atoms with Crippen LogP contribution in [0.5, 0.6) is 5.75 Å². The van der Waals surface area contributed by atoms with Crippen LogP contribution in [0.2, 0.25) is 0 Å². The highest BCUT2D eigenvalue weighted by Crippen LogP contribution is 2.35. The third-order valence-electron chi connectivity index (χ3n) is 3.47. The Labute approximate surface area is 116 Å². The van der Waals surface area contributed by atoms with Crippen LogP contribution in [0.3, 0.4) is 0 Å². The van der Waals surface area contributed by atoms with Crippen LogP contribution >= 0.6 is 0 Å². The number of carboxylic acid groups (broad SMARTS) is 1. The van der Waals surface area contributed by atoms with Crippen LogP contribution in [-0.4, -0.2) is 21.8 Å². The number of carbonyl (C=O) groups is 1. The summed E-state index contributed by atoms with van der Waals surface area (Å²) in [6.07, 6.45) is 1.95. The predicted molar refractivity (Wildman–Crippen MR) is 71.9 cm³/mol. The van der Waals surface area contributed by atoms with Crippen LogP contribution in [0.25, 0.3) is 11.3 Å². The lowest BCUT2D eigenvalue weighted by atomic mass is 9.93. The molecule has 0 amide bonds. The number of carboxylic acids is 1. The molecule has 0 radical (unpaired) electrons. The number of aromatic carboxylic acids is 1. The average Bonchev–Trinajstić information content (AvgIpc) is 2.86.